The van der Waals surface area contributed by atoms with E-state index >= 15 is 0 Å². The summed E-state index contributed by atoms with van der Waals surface area (Å²) in [6.45, 7) is -0.252. The smallest absolute Gasteiger partial charge is 0.238 e. The van der Waals surface area contributed by atoms with Gasteiger partial charge in [-0.1, -0.05) is 11.6 Å². The van der Waals surface area contributed by atoms with Crippen LogP contribution in [0.5, 0.6) is 5.75 Å². The summed E-state index contributed by atoms with van der Waals surface area (Å²) in [7, 11) is -3.87. The predicted molar refractivity (Wildman–Crippen MR) is 73.5 cm³/mol. The number of ether oxygens (including phenoxy) is 1. The Morgan fingerprint density at radius 1 is 1.14 bits per heavy atom. The molecule has 2 rings (SSSR count). The summed E-state index contributed by atoms with van der Waals surface area (Å²) in [6, 6.07) is 6.60. The molecule has 0 spiro atoms. The first kappa shape index (κ1) is 15.7. The highest BCUT2D eigenvalue weighted by Gasteiger charge is 2.12. The zero-order valence-electron chi connectivity index (χ0n) is 10.5. The average molecular weight is 334 g/mol. The molecule has 0 amide bonds. The van der Waals surface area contributed by atoms with Crippen LogP contribution in [0.4, 0.5) is 8.78 Å². The van der Waals surface area contributed by atoms with E-state index in [1.807, 2.05) is 0 Å². The molecule has 0 radical (unpaired) electrons. The number of sulfonamides is 1. The third kappa shape index (κ3) is 3.90. The van der Waals surface area contributed by atoms with Crippen LogP contribution in [0.1, 0.15) is 5.56 Å². The Labute approximate surface area is 125 Å². The van der Waals surface area contributed by atoms with Gasteiger partial charge in [0.25, 0.3) is 0 Å². The highest BCUT2D eigenvalue weighted by atomic mass is 35.5. The van der Waals surface area contributed by atoms with Crippen LogP contribution < -0.4 is 9.88 Å². The molecular formula is C13H10ClF2NO3S. The van der Waals surface area contributed by atoms with Crippen LogP contribution >= 0.6 is 11.6 Å². The quantitative estimate of drug-likeness (QED) is 0.935. The molecule has 2 aromatic carbocycles. The molecule has 0 aliphatic rings. The van der Waals surface area contributed by atoms with Crippen LogP contribution in [0.25, 0.3) is 0 Å². The standard InChI is InChI=1S/C13H10ClF2NO3S/c14-11-6-10(21(17,18)19)2-4-13(11)20-7-8-5-9(15)1-3-12(8)16/h1-6H,7H2,(H2,17,18,19). The molecule has 0 atom stereocenters. The fourth-order valence-corrected chi connectivity index (χ4v) is 2.42. The van der Waals surface area contributed by atoms with Gasteiger partial charge < -0.3 is 4.74 Å². The predicted octanol–water partition coefficient (Wildman–Crippen LogP) is 2.84. The second kappa shape index (κ2) is 5.97. The van der Waals surface area contributed by atoms with E-state index in [0.29, 0.717) is 0 Å². The lowest BCUT2D eigenvalue weighted by molar-refractivity contribution is 0.299. The fraction of sp³-hybridized carbons (Fsp3) is 0.0769. The summed E-state index contributed by atoms with van der Waals surface area (Å²) in [4.78, 5) is -0.170. The lowest BCUT2D eigenvalue weighted by Gasteiger charge is -2.10. The summed E-state index contributed by atoms with van der Waals surface area (Å²) < 4.78 is 54.0. The van der Waals surface area contributed by atoms with Gasteiger partial charge in [0, 0.05) is 5.56 Å². The van der Waals surface area contributed by atoms with Crippen LogP contribution in [0, 0.1) is 11.6 Å². The average Bonchev–Trinajstić information content (AvgIpc) is 2.40. The molecule has 0 aliphatic carbocycles. The molecule has 21 heavy (non-hydrogen) atoms. The van der Waals surface area contributed by atoms with Crippen LogP contribution in [0.2, 0.25) is 5.02 Å². The van der Waals surface area contributed by atoms with Crippen molar-refractivity contribution >= 4 is 21.6 Å². The fourth-order valence-electron chi connectivity index (χ4n) is 1.59. The van der Waals surface area contributed by atoms with Crippen molar-refractivity contribution in [2.45, 2.75) is 11.5 Å². The minimum absolute atomic E-state index is 0.00154. The molecular weight excluding hydrogens is 324 g/mol. The summed E-state index contributed by atoms with van der Waals surface area (Å²) in [6.07, 6.45) is 0. The first-order chi connectivity index (χ1) is 9.77. The number of hydrogen-bond acceptors (Lipinski definition) is 3. The first-order valence-electron chi connectivity index (χ1n) is 5.66. The SMILES string of the molecule is NS(=O)(=O)c1ccc(OCc2cc(F)ccc2F)c(Cl)c1. The Kier molecular flexibility index (Phi) is 4.46. The van der Waals surface area contributed by atoms with Crippen molar-refractivity contribution in [2.24, 2.45) is 5.14 Å². The minimum Gasteiger partial charge on any atom is -0.487 e. The molecule has 4 nitrogen and oxygen atoms in total. The summed E-state index contributed by atoms with van der Waals surface area (Å²) in [5, 5.41) is 4.96. The molecule has 2 aromatic rings. The third-order valence-corrected chi connectivity index (χ3v) is 3.83. The van der Waals surface area contributed by atoms with Gasteiger partial charge in [-0.2, -0.15) is 0 Å². The maximum Gasteiger partial charge on any atom is 0.238 e. The maximum atomic E-state index is 13.4. The topological polar surface area (TPSA) is 69.4 Å². The Hall–Kier alpha value is -1.70. The van der Waals surface area contributed by atoms with Gasteiger partial charge in [-0.05, 0) is 36.4 Å². The second-order valence-electron chi connectivity index (χ2n) is 4.16. The summed E-state index contributed by atoms with van der Waals surface area (Å²) >= 11 is 5.86. The Morgan fingerprint density at radius 3 is 2.48 bits per heavy atom. The molecule has 0 unspecified atom stereocenters. The third-order valence-electron chi connectivity index (χ3n) is 2.62. The number of hydrogen-bond donors (Lipinski definition) is 1. The van der Waals surface area contributed by atoms with E-state index in [9.17, 15) is 17.2 Å². The zero-order valence-corrected chi connectivity index (χ0v) is 12.1. The lowest BCUT2D eigenvalue weighted by atomic mass is 10.2. The molecule has 0 saturated heterocycles. The van der Waals surface area contributed by atoms with Crippen LogP contribution in [-0.2, 0) is 16.6 Å². The molecule has 0 bridgehead atoms. The second-order valence-corrected chi connectivity index (χ2v) is 6.13. The van der Waals surface area contributed by atoms with Crippen molar-refractivity contribution in [1.29, 1.82) is 0 Å². The van der Waals surface area contributed by atoms with Gasteiger partial charge in [0.15, 0.2) is 0 Å². The van der Waals surface area contributed by atoms with Gasteiger partial charge in [0.1, 0.15) is 24.0 Å². The molecule has 8 heteroatoms. The number of halogens is 3. The van der Waals surface area contributed by atoms with E-state index in [0.717, 1.165) is 24.3 Å². The zero-order chi connectivity index (χ0) is 15.6. The molecule has 0 aliphatic heterocycles. The van der Waals surface area contributed by atoms with Crippen LogP contribution in [-0.4, -0.2) is 8.42 Å². The van der Waals surface area contributed by atoms with Crippen molar-refractivity contribution in [3.63, 3.8) is 0 Å². The van der Waals surface area contributed by atoms with Crippen molar-refractivity contribution in [2.75, 3.05) is 0 Å². The monoisotopic (exact) mass is 333 g/mol. The highest BCUT2D eigenvalue weighted by Crippen LogP contribution is 2.28. The summed E-state index contributed by atoms with van der Waals surface area (Å²) in [5.41, 5.74) is 0.0154. The van der Waals surface area contributed by atoms with Gasteiger partial charge in [-0.3, -0.25) is 0 Å². The molecule has 0 fully saturated rings. The molecule has 0 heterocycles. The molecule has 112 valence electrons. The molecule has 0 aromatic heterocycles. The first-order valence-corrected chi connectivity index (χ1v) is 7.59. The van der Waals surface area contributed by atoms with E-state index in [2.05, 4.69) is 0 Å². The van der Waals surface area contributed by atoms with Gasteiger partial charge in [-0.25, -0.2) is 22.3 Å². The van der Waals surface area contributed by atoms with Crippen molar-refractivity contribution in [3.8, 4) is 5.75 Å². The minimum atomic E-state index is -3.87. The van der Waals surface area contributed by atoms with E-state index in [4.69, 9.17) is 21.5 Å². The summed E-state index contributed by atoms with van der Waals surface area (Å²) in [5.74, 6) is -1.08. The van der Waals surface area contributed by atoms with Gasteiger partial charge >= 0.3 is 0 Å². The number of benzene rings is 2. The largest absolute Gasteiger partial charge is 0.487 e. The van der Waals surface area contributed by atoms with E-state index in [1.165, 1.54) is 12.1 Å². The number of nitrogens with two attached hydrogens (primary N) is 1. The van der Waals surface area contributed by atoms with Crippen molar-refractivity contribution in [3.05, 3.63) is 58.6 Å². The van der Waals surface area contributed by atoms with Gasteiger partial charge in [0.05, 0.1) is 9.92 Å². The maximum absolute atomic E-state index is 13.4. The van der Waals surface area contributed by atoms with E-state index in [-0.39, 0.29) is 27.8 Å². The van der Waals surface area contributed by atoms with E-state index < -0.39 is 21.7 Å². The Bertz CT molecular complexity index is 781. The Balaban J connectivity index is 2.19. The van der Waals surface area contributed by atoms with E-state index in [1.54, 1.807) is 0 Å². The lowest BCUT2D eigenvalue weighted by Crippen LogP contribution is -2.12. The molecule has 2 N–H and O–H groups in total. The van der Waals surface area contributed by atoms with Gasteiger partial charge in [0.2, 0.25) is 10.0 Å². The number of rotatable bonds is 4. The normalized spacial score (nSPS) is 11.4. The van der Waals surface area contributed by atoms with Crippen LogP contribution in [0.15, 0.2) is 41.3 Å². The van der Waals surface area contributed by atoms with Gasteiger partial charge in [-0.15, -0.1) is 0 Å². The van der Waals surface area contributed by atoms with Crippen molar-refractivity contribution in [1.82, 2.24) is 0 Å². The van der Waals surface area contributed by atoms with Crippen LogP contribution in [0.3, 0.4) is 0 Å². The number of primary sulfonamides is 1. The van der Waals surface area contributed by atoms with Crippen molar-refractivity contribution < 1.29 is 21.9 Å². The molecule has 0 saturated carbocycles. The highest BCUT2D eigenvalue weighted by molar-refractivity contribution is 7.89. The Morgan fingerprint density at radius 2 is 1.86 bits per heavy atom.